The number of nitrogens with zero attached hydrogens (tertiary/aromatic N) is 12. The summed E-state index contributed by atoms with van der Waals surface area (Å²) >= 11 is 0. The van der Waals surface area contributed by atoms with Gasteiger partial charge in [0, 0.05) is 103 Å². The number of aromatic nitrogens is 12. The molecule has 0 saturated heterocycles. The molecule has 0 radical (unpaired) electrons. The van der Waals surface area contributed by atoms with E-state index < -0.39 is 0 Å². The lowest BCUT2D eigenvalue weighted by atomic mass is 10.0. The molecule has 2 unspecified atom stereocenters. The first-order valence-electron chi connectivity index (χ1n) is 19.5. The summed E-state index contributed by atoms with van der Waals surface area (Å²) in [6.45, 7) is 14.3. The van der Waals surface area contributed by atoms with E-state index in [0.29, 0.717) is 49.8 Å². The average Bonchev–Trinajstić information content (AvgIpc) is 3.88. The molecule has 6 aromatic heterocycles. The predicted molar refractivity (Wildman–Crippen MR) is 223 cm³/mol. The number of nitrogens with two attached hydrogens (primary N) is 6. The molecule has 0 saturated carbocycles. The number of rotatable bonds is 17. The van der Waals surface area contributed by atoms with Crippen molar-refractivity contribution in [1.29, 1.82) is 0 Å². The first kappa shape index (κ1) is 40.3. The molecule has 0 bridgehead atoms. The monoisotopic (exact) mass is 776 g/mol. The molecule has 0 aromatic carbocycles. The van der Waals surface area contributed by atoms with E-state index in [1.165, 1.54) is 0 Å². The highest BCUT2D eigenvalue weighted by molar-refractivity contribution is 5.45. The first-order chi connectivity index (χ1) is 27.1. The maximum absolute atomic E-state index is 6.29. The fourth-order valence-electron chi connectivity index (χ4n) is 6.88. The van der Waals surface area contributed by atoms with Crippen LogP contribution in [0.5, 0.6) is 0 Å². The van der Waals surface area contributed by atoms with Gasteiger partial charge in [0.05, 0.1) is 17.1 Å². The molecule has 0 fully saturated rings. The van der Waals surface area contributed by atoms with Crippen LogP contribution in [0.25, 0.3) is 0 Å². The van der Waals surface area contributed by atoms with E-state index in [1.54, 1.807) is 18.6 Å². The molecule has 0 amide bonds. The molecule has 57 heavy (non-hydrogen) atoms. The van der Waals surface area contributed by atoms with E-state index in [2.05, 4.69) is 104 Å². The number of hydrogen-bond donors (Lipinski definition) is 6. The first-order valence-corrected chi connectivity index (χ1v) is 19.5. The van der Waals surface area contributed by atoms with Crippen LogP contribution in [0.15, 0.2) is 36.8 Å². The van der Waals surface area contributed by atoms with Crippen molar-refractivity contribution < 1.29 is 0 Å². The lowest BCUT2D eigenvalue weighted by molar-refractivity contribution is 0.478. The zero-order valence-corrected chi connectivity index (χ0v) is 33.8. The van der Waals surface area contributed by atoms with Gasteiger partial charge in [-0.05, 0) is 57.2 Å². The van der Waals surface area contributed by atoms with E-state index in [9.17, 15) is 0 Å². The van der Waals surface area contributed by atoms with Gasteiger partial charge in [-0.2, -0.15) is 30.2 Å². The van der Waals surface area contributed by atoms with Crippen LogP contribution in [-0.4, -0.2) is 59.2 Å². The predicted octanol–water partition coefficient (Wildman–Crippen LogP) is 4.39. The second-order valence-corrected chi connectivity index (χ2v) is 15.5. The van der Waals surface area contributed by atoms with Crippen molar-refractivity contribution in [1.82, 2.24) is 59.2 Å². The normalized spacial score (nSPS) is 12.8. The zero-order chi connectivity index (χ0) is 41.0. The van der Waals surface area contributed by atoms with Gasteiger partial charge in [0.2, 0.25) is 17.8 Å². The van der Waals surface area contributed by atoms with Gasteiger partial charge in [-0.15, -0.1) is 0 Å². The maximum Gasteiger partial charge on any atom is 0.221 e. The van der Waals surface area contributed by atoms with Crippen molar-refractivity contribution in [2.24, 2.45) is 0 Å². The third-order valence-corrected chi connectivity index (χ3v) is 10.3. The van der Waals surface area contributed by atoms with Crippen molar-refractivity contribution in [3.63, 3.8) is 0 Å². The number of aryl methyl sites for hydroxylation is 2. The largest absolute Gasteiger partial charge is 0.383 e. The van der Waals surface area contributed by atoms with Gasteiger partial charge >= 0.3 is 0 Å². The molecule has 2 atom stereocenters. The van der Waals surface area contributed by atoms with Crippen LogP contribution in [-0.2, 0) is 32.4 Å². The van der Waals surface area contributed by atoms with E-state index in [0.717, 1.165) is 70.1 Å². The molecule has 6 aromatic rings. The second-order valence-electron chi connectivity index (χ2n) is 15.5. The third-order valence-electron chi connectivity index (χ3n) is 10.3. The van der Waals surface area contributed by atoms with Crippen LogP contribution in [0.4, 0.5) is 35.3 Å². The lowest BCUT2D eigenvalue weighted by Gasteiger charge is -2.13. The summed E-state index contributed by atoms with van der Waals surface area (Å²) in [5.74, 6) is 2.18. The third kappa shape index (κ3) is 9.74. The number of hydrogen-bond acceptors (Lipinski definition) is 15. The van der Waals surface area contributed by atoms with Gasteiger partial charge in [0.15, 0.2) is 0 Å². The fourth-order valence-corrected chi connectivity index (χ4v) is 6.88. The van der Waals surface area contributed by atoms with E-state index >= 15 is 0 Å². The topological polar surface area (TPSA) is 287 Å². The second kappa shape index (κ2) is 17.2. The van der Waals surface area contributed by atoms with Crippen molar-refractivity contribution >= 4 is 35.3 Å². The van der Waals surface area contributed by atoms with E-state index in [1.807, 2.05) is 0 Å². The molecule has 302 valence electrons. The van der Waals surface area contributed by atoms with Crippen LogP contribution < -0.4 is 34.4 Å². The lowest BCUT2D eigenvalue weighted by Crippen LogP contribution is -2.11. The van der Waals surface area contributed by atoms with Gasteiger partial charge in [-0.1, -0.05) is 27.7 Å². The number of nitrogen functional groups attached to an aromatic ring is 6. The molecule has 0 spiro atoms. The summed E-state index contributed by atoms with van der Waals surface area (Å²) in [6, 6.07) is 6.64. The van der Waals surface area contributed by atoms with Crippen molar-refractivity contribution in [3.05, 3.63) is 87.6 Å². The van der Waals surface area contributed by atoms with E-state index in [-0.39, 0.29) is 41.6 Å². The Morgan fingerprint density at radius 2 is 0.930 bits per heavy atom. The summed E-state index contributed by atoms with van der Waals surface area (Å²) < 4.78 is 6.21. The molecule has 0 aliphatic carbocycles. The van der Waals surface area contributed by atoms with E-state index in [4.69, 9.17) is 49.7 Å². The molecule has 12 N–H and O–H groups in total. The molecule has 6 rings (SSSR count). The minimum absolute atomic E-state index is 0.132. The summed E-state index contributed by atoms with van der Waals surface area (Å²) in [5.41, 5.74) is 44.5. The maximum atomic E-state index is 6.29. The highest BCUT2D eigenvalue weighted by Crippen LogP contribution is 2.28. The Morgan fingerprint density at radius 1 is 0.509 bits per heavy atom. The van der Waals surface area contributed by atoms with Gasteiger partial charge in [0.1, 0.15) is 17.5 Å². The average molecular weight is 777 g/mol. The van der Waals surface area contributed by atoms with Gasteiger partial charge in [-0.25, -0.2) is 15.0 Å². The smallest absolute Gasteiger partial charge is 0.221 e. The summed E-state index contributed by atoms with van der Waals surface area (Å²) in [6.07, 6.45) is 9.30. The fraction of sp³-hybridized carbons (Fsp3) is 0.462. The minimum Gasteiger partial charge on any atom is -0.383 e. The Morgan fingerprint density at radius 3 is 1.42 bits per heavy atom. The zero-order valence-electron chi connectivity index (χ0n) is 33.8. The summed E-state index contributed by atoms with van der Waals surface area (Å²) in [5, 5.41) is 15.1. The molecule has 0 aliphatic heterocycles. The highest BCUT2D eigenvalue weighted by atomic mass is 15.3. The van der Waals surface area contributed by atoms with Crippen molar-refractivity contribution in [3.8, 4) is 0 Å². The van der Waals surface area contributed by atoms with Crippen LogP contribution in [0, 0.1) is 0 Å². The van der Waals surface area contributed by atoms with Crippen molar-refractivity contribution in [2.45, 2.75) is 117 Å². The standard InChI is InChI=1S/C39H56N18/c1-21(2)31-15-28(12-25-18-46-37(43)49-34(25)40)56(52-31)11-9-24(6)32-16-29(13-26-19-47-38(44)50-35(26)41)55(53-32)10-7-8-23(5)33-17-30(57(54-33)22(3)4)14-27-20-48-39(45)51-36(27)42/h15-24H,7-14H2,1-6H3,(H4,40,43,46,49)(H4,41,44,47,50)(H4,42,45,48,51). The summed E-state index contributed by atoms with van der Waals surface area (Å²) in [7, 11) is 0. The van der Waals surface area contributed by atoms with Crippen LogP contribution >= 0.6 is 0 Å². The SMILES string of the molecule is CC(C)c1cc(Cc2cnc(N)nc2N)n(CCC(C)c2cc(Cc3cnc(N)nc3N)n(CCCC(C)c3cc(Cc4cnc(N)nc4N)n(C(C)C)n3)n2)n1. The molecular weight excluding hydrogens is 721 g/mol. The quantitative estimate of drug-likeness (QED) is 0.0749. The van der Waals surface area contributed by atoms with Crippen LogP contribution in [0.2, 0.25) is 0 Å². The van der Waals surface area contributed by atoms with Gasteiger partial charge < -0.3 is 34.4 Å². The Labute approximate surface area is 332 Å². The minimum atomic E-state index is 0.132. The Bertz CT molecular complexity index is 2300. The summed E-state index contributed by atoms with van der Waals surface area (Å²) in [4.78, 5) is 25.0. The molecule has 18 heteroatoms. The van der Waals surface area contributed by atoms with Crippen LogP contribution in [0.3, 0.4) is 0 Å². The Kier molecular flexibility index (Phi) is 12.2. The van der Waals surface area contributed by atoms with Crippen LogP contribution in [0.1, 0.15) is 135 Å². The highest BCUT2D eigenvalue weighted by Gasteiger charge is 2.21. The molecular formula is C39H56N18. The van der Waals surface area contributed by atoms with Gasteiger partial charge in [0.25, 0.3) is 0 Å². The van der Waals surface area contributed by atoms with Crippen molar-refractivity contribution in [2.75, 3.05) is 34.4 Å². The number of anilines is 6. The Hall–Kier alpha value is -6.33. The molecule has 0 aliphatic rings. The Balaban J connectivity index is 1.18. The van der Waals surface area contributed by atoms with Gasteiger partial charge in [-0.3, -0.25) is 14.0 Å². The molecule has 6 heterocycles. The molecule has 18 nitrogen and oxygen atoms in total.